The van der Waals surface area contributed by atoms with Gasteiger partial charge < -0.3 is 10.1 Å². The third-order valence-electron chi connectivity index (χ3n) is 3.14. The Kier molecular flexibility index (Phi) is 5.30. The molecule has 2 aromatic rings. The van der Waals surface area contributed by atoms with Crippen molar-refractivity contribution in [3.05, 3.63) is 65.5 Å². The van der Waals surface area contributed by atoms with Crippen molar-refractivity contribution >= 4 is 5.69 Å². The molecule has 0 heterocycles. The Morgan fingerprint density at radius 3 is 2.62 bits per heavy atom. The second-order valence-corrected chi connectivity index (χ2v) is 4.51. The number of anilines is 1. The van der Waals surface area contributed by atoms with Gasteiger partial charge in [0.05, 0.1) is 11.8 Å². The summed E-state index contributed by atoms with van der Waals surface area (Å²) in [6.07, 6.45) is -0.147. The van der Waals surface area contributed by atoms with Crippen LogP contribution in [-0.2, 0) is 4.74 Å². The maximum absolute atomic E-state index is 13.6. The van der Waals surface area contributed by atoms with Crippen LogP contribution < -0.4 is 5.32 Å². The van der Waals surface area contributed by atoms with Crippen LogP contribution in [0.15, 0.2) is 48.5 Å². The van der Waals surface area contributed by atoms with Crippen LogP contribution >= 0.6 is 0 Å². The number of hydrogen-bond acceptors (Lipinski definition) is 3. The Morgan fingerprint density at radius 1 is 1.19 bits per heavy atom. The molecule has 4 heteroatoms. The van der Waals surface area contributed by atoms with E-state index in [1.807, 2.05) is 43.3 Å². The summed E-state index contributed by atoms with van der Waals surface area (Å²) in [5, 5.41) is 12.1. The van der Waals surface area contributed by atoms with Crippen LogP contribution in [0.1, 0.15) is 24.2 Å². The molecular weight excluding hydrogens is 267 g/mol. The van der Waals surface area contributed by atoms with Crippen molar-refractivity contribution in [3.63, 3.8) is 0 Å². The average molecular weight is 284 g/mol. The van der Waals surface area contributed by atoms with Gasteiger partial charge in [-0.2, -0.15) is 5.26 Å². The zero-order valence-corrected chi connectivity index (χ0v) is 11.8. The number of hydrogen-bond donors (Lipinski definition) is 1. The van der Waals surface area contributed by atoms with Gasteiger partial charge >= 0.3 is 0 Å². The van der Waals surface area contributed by atoms with Gasteiger partial charge in [-0.3, -0.25) is 0 Å². The second-order valence-electron chi connectivity index (χ2n) is 4.51. The number of rotatable bonds is 6. The number of benzene rings is 2. The third-order valence-corrected chi connectivity index (χ3v) is 3.14. The minimum Gasteiger partial charge on any atom is -0.381 e. The van der Waals surface area contributed by atoms with Crippen molar-refractivity contribution in [1.29, 1.82) is 5.26 Å². The van der Waals surface area contributed by atoms with E-state index in [0.29, 0.717) is 18.8 Å². The first-order valence-electron chi connectivity index (χ1n) is 6.85. The smallest absolute Gasteiger partial charge is 0.143 e. The highest BCUT2D eigenvalue weighted by Gasteiger charge is 2.13. The highest BCUT2D eigenvalue weighted by atomic mass is 19.1. The summed E-state index contributed by atoms with van der Waals surface area (Å²) in [5.74, 6) is -0.518. The fourth-order valence-corrected chi connectivity index (χ4v) is 2.13. The Hall–Kier alpha value is -2.38. The maximum Gasteiger partial charge on any atom is 0.143 e. The van der Waals surface area contributed by atoms with Crippen LogP contribution in [0.3, 0.4) is 0 Å². The summed E-state index contributed by atoms with van der Waals surface area (Å²) in [6, 6.07) is 16.2. The molecule has 3 nitrogen and oxygen atoms in total. The molecule has 21 heavy (non-hydrogen) atoms. The van der Waals surface area contributed by atoms with E-state index in [1.54, 1.807) is 12.1 Å². The van der Waals surface area contributed by atoms with Crippen molar-refractivity contribution in [2.45, 2.75) is 13.0 Å². The van der Waals surface area contributed by atoms with Gasteiger partial charge in [-0.25, -0.2) is 4.39 Å². The predicted molar refractivity (Wildman–Crippen MR) is 80.4 cm³/mol. The Bertz CT molecular complexity index is 622. The van der Waals surface area contributed by atoms with Crippen LogP contribution in [0.4, 0.5) is 10.1 Å². The van der Waals surface area contributed by atoms with Gasteiger partial charge in [0, 0.05) is 13.2 Å². The normalized spacial score (nSPS) is 11.7. The van der Waals surface area contributed by atoms with Crippen LogP contribution in [0.2, 0.25) is 0 Å². The van der Waals surface area contributed by atoms with E-state index in [2.05, 4.69) is 5.32 Å². The summed E-state index contributed by atoms with van der Waals surface area (Å²) in [7, 11) is 0. The molecule has 1 atom stereocenters. The number of halogens is 1. The first-order valence-corrected chi connectivity index (χ1v) is 6.85. The first kappa shape index (κ1) is 15.0. The predicted octanol–water partition coefficient (Wildman–Crippen LogP) is 3.89. The molecule has 0 aromatic heterocycles. The van der Waals surface area contributed by atoms with Crippen molar-refractivity contribution in [2.75, 3.05) is 18.5 Å². The lowest BCUT2D eigenvalue weighted by Crippen LogP contribution is -2.16. The molecule has 0 aliphatic rings. The SMILES string of the molecule is CCOC(CNc1cccc(F)c1C#N)c1ccccc1. The number of ether oxygens (including phenoxy) is 1. The summed E-state index contributed by atoms with van der Waals surface area (Å²) in [4.78, 5) is 0. The lowest BCUT2D eigenvalue weighted by Gasteiger charge is -2.19. The summed E-state index contributed by atoms with van der Waals surface area (Å²) < 4.78 is 19.3. The number of nitrogens with one attached hydrogen (secondary N) is 1. The highest BCUT2D eigenvalue weighted by molar-refractivity contribution is 5.58. The Balaban J connectivity index is 2.13. The summed E-state index contributed by atoms with van der Waals surface area (Å²) >= 11 is 0. The molecule has 108 valence electrons. The van der Waals surface area contributed by atoms with Crippen LogP contribution in [0, 0.1) is 17.1 Å². The molecule has 0 radical (unpaired) electrons. The van der Waals surface area contributed by atoms with Crippen molar-refractivity contribution in [2.24, 2.45) is 0 Å². The molecule has 0 amide bonds. The standard InChI is InChI=1S/C17H17FN2O/c1-2-21-17(13-7-4-3-5-8-13)12-20-16-10-6-9-15(18)14(16)11-19/h3-10,17,20H,2,12H2,1H3. The minimum atomic E-state index is -0.518. The first-order chi connectivity index (χ1) is 10.3. The Morgan fingerprint density at radius 2 is 1.95 bits per heavy atom. The fraction of sp³-hybridized carbons (Fsp3) is 0.235. The maximum atomic E-state index is 13.6. The van der Waals surface area contributed by atoms with Gasteiger partial charge in [0.2, 0.25) is 0 Å². The largest absolute Gasteiger partial charge is 0.381 e. The van der Waals surface area contributed by atoms with E-state index < -0.39 is 5.82 Å². The number of nitriles is 1. The topological polar surface area (TPSA) is 45.0 Å². The van der Waals surface area contributed by atoms with E-state index >= 15 is 0 Å². The molecule has 2 aromatic carbocycles. The molecule has 0 saturated carbocycles. The molecular formula is C17H17FN2O. The molecule has 0 saturated heterocycles. The second kappa shape index (κ2) is 7.41. The van der Waals surface area contributed by atoms with E-state index in [0.717, 1.165) is 5.56 Å². The van der Waals surface area contributed by atoms with Crippen molar-refractivity contribution in [3.8, 4) is 6.07 Å². The zero-order valence-electron chi connectivity index (χ0n) is 11.8. The van der Waals surface area contributed by atoms with Gasteiger partial charge in [0.1, 0.15) is 17.4 Å². The van der Waals surface area contributed by atoms with E-state index in [-0.39, 0.29) is 11.7 Å². The molecule has 0 aliphatic carbocycles. The van der Waals surface area contributed by atoms with Gasteiger partial charge in [0.25, 0.3) is 0 Å². The summed E-state index contributed by atoms with van der Waals surface area (Å²) in [6.45, 7) is 2.98. The quantitative estimate of drug-likeness (QED) is 0.875. The van der Waals surface area contributed by atoms with Gasteiger partial charge in [0.15, 0.2) is 0 Å². The molecule has 0 bridgehead atoms. The molecule has 2 rings (SSSR count). The molecule has 0 spiro atoms. The molecule has 1 unspecified atom stereocenters. The van der Waals surface area contributed by atoms with E-state index in [4.69, 9.17) is 10.00 Å². The summed E-state index contributed by atoms with van der Waals surface area (Å²) in [5.41, 5.74) is 1.56. The van der Waals surface area contributed by atoms with Crippen molar-refractivity contribution in [1.82, 2.24) is 0 Å². The van der Waals surface area contributed by atoms with Crippen LogP contribution in [0.25, 0.3) is 0 Å². The van der Waals surface area contributed by atoms with E-state index in [9.17, 15) is 4.39 Å². The Labute approximate surface area is 124 Å². The number of nitrogens with zero attached hydrogens (tertiary/aromatic N) is 1. The van der Waals surface area contributed by atoms with Gasteiger partial charge in [-0.1, -0.05) is 36.4 Å². The zero-order chi connectivity index (χ0) is 15.1. The van der Waals surface area contributed by atoms with Gasteiger partial charge in [-0.15, -0.1) is 0 Å². The highest BCUT2D eigenvalue weighted by Crippen LogP contribution is 2.21. The third kappa shape index (κ3) is 3.80. The lowest BCUT2D eigenvalue weighted by atomic mass is 10.1. The van der Waals surface area contributed by atoms with Gasteiger partial charge in [-0.05, 0) is 24.6 Å². The van der Waals surface area contributed by atoms with Crippen LogP contribution in [0.5, 0.6) is 0 Å². The fourth-order valence-electron chi connectivity index (χ4n) is 2.13. The molecule has 0 aliphatic heterocycles. The lowest BCUT2D eigenvalue weighted by molar-refractivity contribution is 0.0719. The van der Waals surface area contributed by atoms with Crippen LogP contribution in [-0.4, -0.2) is 13.2 Å². The monoisotopic (exact) mass is 284 g/mol. The minimum absolute atomic E-state index is 0.0285. The van der Waals surface area contributed by atoms with Crippen molar-refractivity contribution < 1.29 is 9.13 Å². The molecule has 0 fully saturated rings. The molecule has 1 N–H and O–H groups in total. The average Bonchev–Trinajstić information content (AvgIpc) is 2.52. The van der Waals surface area contributed by atoms with E-state index in [1.165, 1.54) is 6.07 Å².